The van der Waals surface area contributed by atoms with Crippen LogP contribution in [0.2, 0.25) is 0 Å². The first-order valence-corrected chi connectivity index (χ1v) is 5.47. The summed E-state index contributed by atoms with van der Waals surface area (Å²) in [6.07, 6.45) is 0. The van der Waals surface area contributed by atoms with Gasteiger partial charge in [0.1, 0.15) is 6.61 Å². The highest BCUT2D eigenvalue weighted by Crippen LogP contribution is 2.28. The highest BCUT2D eigenvalue weighted by atomic mass is 16.5. The highest BCUT2D eigenvalue weighted by molar-refractivity contribution is 5.89. The van der Waals surface area contributed by atoms with Gasteiger partial charge in [0, 0.05) is 25.6 Å². The monoisotopic (exact) mass is 252 g/mol. The molecule has 0 aliphatic heterocycles. The number of hydrogen-bond donors (Lipinski definition) is 3. The van der Waals surface area contributed by atoms with Crippen LogP contribution in [-0.2, 0) is 9.59 Å². The molecule has 2 amide bonds. The maximum absolute atomic E-state index is 10.8. The van der Waals surface area contributed by atoms with Crippen LogP contribution in [0.15, 0.2) is 18.2 Å². The number of carbonyl (C=O) groups is 2. The molecule has 0 saturated carbocycles. The molecule has 6 heteroatoms. The molecule has 0 unspecified atom stereocenters. The molecule has 3 N–H and O–H groups in total. The zero-order chi connectivity index (χ0) is 13.5. The number of amides is 2. The van der Waals surface area contributed by atoms with Gasteiger partial charge in [0.15, 0.2) is 11.5 Å². The Morgan fingerprint density at radius 1 is 1.28 bits per heavy atom. The van der Waals surface area contributed by atoms with Crippen molar-refractivity contribution in [2.75, 3.05) is 18.5 Å². The first-order chi connectivity index (χ1) is 8.49. The van der Waals surface area contributed by atoms with Crippen LogP contribution >= 0.6 is 0 Å². The Labute approximate surface area is 105 Å². The lowest BCUT2D eigenvalue weighted by Crippen LogP contribution is -2.25. The largest absolute Gasteiger partial charge is 0.504 e. The van der Waals surface area contributed by atoms with E-state index in [1.165, 1.54) is 19.9 Å². The summed E-state index contributed by atoms with van der Waals surface area (Å²) in [5.74, 6) is -0.115. The van der Waals surface area contributed by atoms with Crippen LogP contribution in [0.1, 0.15) is 13.8 Å². The van der Waals surface area contributed by atoms with E-state index >= 15 is 0 Å². The maximum Gasteiger partial charge on any atom is 0.221 e. The van der Waals surface area contributed by atoms with Crippen molar-refractivity contribution in [3.8, 4) is 11.5 Å². The third-order valence-electron chi connectivity index (χ3n) is 2.01. The van der Waals surface area contributed by atoms with E-state index in [9.17, 15) is 14.7 Å². The zero-order valence-electron chi connectivity index (χ0n) is 10.3. The molecule has 0 aliphatic rings. The number of benzene rings is 1. The number of nitrogens with one attached hydrogen (secondary N) is 2. The second-order valence-corrected chi connectivity index (χ2v) is 3.70. The number of carbonyl (C=O) groups excluding carboxylic acids is 2. The number of phenols is 1. The summed E-state index contributed by atoms with van der Waals surface area (Å²) in [5, 5.41) is 14.8. The number of ether oxygens (including phenoxy) is 1. The minimum absolute atomic E-state index is 0.0657. The minimum Gasteiger partial charge on any atom is -0.504 e. The lowest BCUT2D eigenvalue weighted by atomic mass is 10.2. The maximum atomic E-state index is 10.8. The van der Waals surface area contributed by atoms with E-state index in [0.717, 1.165) is 0 Å². The summed E-state index contributed by atoms with van der Waals surface area (Å²) >= 11 is 0. The Kier molecular flexibility index (Phi) is 4.98. The molecule has 1 aromatic rings. The first-order valence-electron chi connectivity index (χ1n) is 5.47. The zero-order valence-corrected chi connectivity index (χ0v) is 10.3. The molecule has 0 saturated heterocycles. The van der Waals surface area contributed by atoms with E-state index in [0.29, 0.717) is 18.0 Å². The van der Waals surface area contributed by atoms with Gasteiger partial charge in [-0.15, -0.1) is 0 Å². The Hall–Kier alpha value is -2.24. The van der Waals surface area contributed by atoms with E-state index in [4.69, 9.17) is 4.74 Å². The fourth-order valence-electron chi connectivity index (χ4n) is 1.31. The Morgan fingerprint density at radius 2 is 2.00 bits per heavy atom. The van der Waals surface area contributed by atoms with Crippen LogP contribution in [0.5, 0.6) is 11.5 Å². The number of aromatic hydroxyl groups is 1. The van der Waals surface area contributed by atoms with Crippen LogP contribution in [-0.4, -0.2) is 30.1 Å². The average Bonchev–Trinajstić information content (AvgIpc) is 2.25. The van der Waals surface area contributed by atoms with Crippen LogP contribution in [0.4, 0.5) is 5.69 Å². The molecule has 98 valence electrons. The van der Waals surface area contributed by atoms with Gasteiger partial charge >= 0.3 is 0 Å². The predicted octanol–water partition coefficient (Wildman–Crippen LogP) is 0.865. The quantitative estimate of drug-likeness (QED) is 0.678. The van der Waals surface area contributed by atoms with Crippen molar-refractivity contribution < 1.29 is 19.4 Å². The van der Waals surface area contributed by atoms with Crippen molar-refractivity contribution in [1.82, 2.24) is 5.32 Å². The summed E-state index contributed by atoms with van der Waals surface area (Å²) in [5.41, 5.74) is 0.495. The molecule has 1 aromatic carbocycles. The van der Waals surface area contributed by atoms with Gasteiger partial charge in [-0.25, -0.2) is 0 Å². The molecule has 0 spiro atoms. The van der Waals surface area contributed by atoms with E-state index in [-0.39, 0.29) is 24.2 Å². The molecule has 0 bridgehead atoms. The smallest absolute Gasteiger partial charge is 0.221 e. The normalized spacial score (nSPS) is 9.67. The molecule has 0 heterocycles. The van der Waals surface area contributed by atoms with Crippen molar-refractivity contribution in [2.24, 2.45) is 0 Å². The molecule has 1 rings (SSSR count). The van der Waals surface area contributed by atoms with Crippen LogP contribution in [0, 0.1) is 0 Å². The SMILES string of the molecule is CC(=O)NCCOc1ccc(NC(C)=O)cc1O. The van der Waals surface area contributed by atoms with Crippen LogP contribution in [0.3, 0.4) is 0 Å². The summed E-state index contributed by atoms with van der Waals surface area (Å²) in [6, 6.07) is 4.57. The van der Waals surface area contributed by atoms with Crippen molar-refractivity contribution in [1.29, 1.82) is 0 Å². The predicted molar refractivity (Wildman–Crippen MR) is 66.6 cm³/mol. The molecule has 18 heavy (non-hydrogen) atoms. The number of anilines is 1. The van der Waals surface area contributed by atoms with Crippen molar-refractivity contribution in [3.63, 3.8) is 0 Å². The Morgan fingerprint density at radius 3 is 2.56 bits per heavy atom. The number of hydrogen-bond acceptors (Lipinski definition) is 4. The second-order valence-electron chi connectivity index (χ2n) is 3.70. The van der Waals surface area contributed by atoms with Crippen LogP contribution in [0.25, 0.3) is 0 Å². The van der Waals surface area contributed by atoms with Gasteiger partial charge in [0.2, 0.25) is 11.8 Å². The first kappa shape index (κ1) is 13.8. The molecular weight excluding hydrogens is 236 g/mol. The Bertz CT molecular complexity index is 446. The summed E-state index contributed by atoms with van der Waals surface area (Å²) in [4.78, 5) is 21.4. The molecule has 0 radical (unpaired) electrons. The van der Waals surface area contributed by atoms with Gasteiger partial charge in [0.05, 0.1) is 6.54 Å². The third kappa shape index (κ3) is 4.73. The van der Waals surface area contributed by atoms with E-state index < -0.39 is 0 Å². The van der Waals surface area contributed by atoms with Gasteiger partial charge < -0.3 is 20.5 Å². The molecule has 0 aromatic heterocycles. The molecule has 6 nitrogen and oxygen atoms in total. The fraction of sp³-hybridized carbons (Fsp3) is 0.333. The van der Waals surface area contributed by atoms with Gasteiger partial charge in [-0.1, -0.05) is 0 Å². The fourth-order valence-corrected chi connectivity index (χ4v) is 1.31. The average molecular weight is 252 g/mol. The molecule has 0 aliphatic carbocycles. The van der Waals surface area contributed by atoms with Crippen LogP contribution < -0.4 is 15.4 Å². The molecule has 0 atom stereocenters. The number of phenolic OH excluding ortho intramolecular Hbond substituents is 1. The lowest BCUT2D eigenvalue weighted by molar-refractivity contribution is -0.119. The lowest BCUT2D eigenvalue weighted by Gasteiger charge is -2.10. The van der Waals surface area contributed by atoms with Gasteiger partial charge in [0.25, 0.3) is 0 Å². The topological polar surface area (TPSA) is 87.7 Å². The standard InChI is InChI=1S/C12H16N2O4/c1-8(15)13-5-6-18-12-4-3-10(7-11(12)17)14-9(2)16/h3-4,7,17H,5-6H2,1-2H3,(H,13,15)(H,14,16). The van der Waals surface area contributed by atoms with E-state index in [1.807, 2.05) is 0 Å². The molecule has 0 fully saturated rings. The second kappa shape index (κ2) is 6.48. The van der Waals surface area contributed by atoms with Crippen molar-refractivity contribution >= 4 is 17.5 Å². The summed E-state index contributed by atoms with van der Waals surface area (Å²) < 4.78 is 5.27. The van der Waals surface area contributed by atoms with Gasteiger partial charge in [-0.05, 0) is 12.1 Å². The van der Waals surface area contributed by atoms with E-state index in [2.05, 4.69) is 10.6 Å². The van der Waals surface area contributed by atoms with Gasteiger partial charge in [-0.3, -0.25) is 9.59 Å². The van der Waals surface area contributed by atoms with E-state index in [1.54, 1.807) is 12.1 Å². The summed E-state index contributed by atoms with van der Waals surface area (Å²) in [6.45, 7) is 3.42. The highest BCUT2D eigenvalue weighted by Gasteiger charge is 2.04. The summed E-state index contributed by atoms with van der Waals surface area (Å²) in [7, 11) is 0. The van der Waals surface area contributed by atoms with Crippen molar-refractivity contribution in [2.45, 2.75) is 13.8 Å². The Balaban J connectivity index is 2.51. The van der Waals surface area contributed by atoms with Gasteiger partial charge in [-0.2, -0.15) is 0 Å². The third-order valence-corrected chi connectivity index (χ3v) is 2.01. The number of rotatable bonds is 5. The minimum atomic E-state index is -0.214. The molecular formula is C12H16N2O4. The van der Waals surface area contributed by atoms with Crippen molar-refractivity contribution in [3.05, 3.63) is 18.2 Å².